The van der Waals surface area contributed by atoms with Gasteiger partial charge in [0.2, 0.25) is 0 Å². The Morgan fingerprint density at radius 3 is 2.70 bits per heavy atom. The third-order valence-electron chi connectivity index (χ3n) is 4.69. The number of hydrogen-bond donors (Lipinski definition) is 0. The molecule has 0 saturated carbocycles. The number of hydrogen-bond acceptors (Lipinski definition) is 5. The van der Waals surface area contributed by atoms with Crippen molar-refractivity contribution in [1.29, 1.82) is 0 Å². The SMILES string of the molecule is CN(C)c1ncnc2sc3c(c12)CCN(C(=O)N1CCCC1)C3. The van der Waals surface area contributed by atoms with Crippen LogP contribution in [0.25, 0.3) is 10.2 Å². The van der Waals surface area contributed by atoms with E-state index in [1.54, 1.807) is 17.7 Å². The van der Waals surface area contributed by atoms with Crippen molar-refractivity contribution < 1.29 is 4.79 Å². The Balaban J connectivity index is 1.66. The molecular weight excluding hydrogens is 310 g/mol. The summed E-state index contributed by atoms with van der Waals surface area (Å²) in [5.41, 5.74) is 1.33. The van der Waals surface area contributed by atoms with Gasteiger partial charge >= 0.3 is 6.03 Å². The predicted octanol–water partition coefficient (Wildman–Crippen LogP) is 2.33. The largest absolute Gasteiger partial charge is 0.362 e. The van der Waals surface area contributed by atoms with Crippen molar-refractivity contribution in [3.05, 3.63) is 16.8 Å². The maximum absolute atomic E-state index is 12.6. The summed E-state index contributed by atoms with van der Waals surface area (Å²) in [6.07, 6.45) is 4.79. The van der Waals surface area contributed by atoms with Crippen LogP contribution in [0, 0.1) is 0 Å². The molecule has 2 aliphatic rings. The first-order valence-corrected chi connectivity index (χ1v) is 8.93. The second-order valence-corrected chi connectivity index (χ2v) is 7.51. The summed E-state index contributed by atoms with van der Waals surface area (Å²) in [5.74, 6) is 0.979. The second-order valence-electron chi connectivity index (χ2n) is 6.42. The lowest BCUT2D eigenvalue weighted by Gasteiger charge is -2.31. The molecule has 2 amide bonds. The summed E-state index contributed by atoms with van der Waals surface area (Å²) in [4.78, 5) is 29.8. The van der Waals surface area contributed by atoms with Gasteiger partial charge in [0, 0.05) is 38.6 Å². The standard InChI is InChI=1S/C16H21N5OS/c1-19(2)14-13-11-5-8-21(16(22)20-6-3-4-7-20)9-12(11)23-15(13)18-10-17-14/h10H,3-9H2,1-2H3. The highest BCUT2D eigenvalue weighted by Gasteiger charge is 2.29. The fourth-order valence-electron chi connectivity index (χ4n) is 3.52. The van der Waals surface area contributed by atoms with Gasteiger partial charge in [-0.15, -0.1) is 11.3 Å². The Kier molecular flexibility index (Phi) is 3.60. The first-order valence-electron chi connectivity index (χ1n) is 8.11. The van der Waals surface area contributed by atoms with Crippen LogP contribution < -0.4 is 4.90 Å². The highest BCUT2D eigenvalue weighted by molar-refractivity contribution is 7.19. The average molecular weight is 331 g/mol. The van der Waals surface area contributed by atoms with Gasteiger partial charge in [0.05, 0.1) is 11.9 Å². The molecule has 1 fully saturated rings. The van der Waals surface area contributed by atoms with Crippen molar-refractivity contribution in [3.63, 3.8) is 0 Å². The number of carbonyl (C=O) groups excluding carboxylic acids is 1. The number of likely N-dealkylation sites (tertiary alicyclic amines) is 1. The molecule has 4 rings (SSSR count). The number of anilines is 1. The zero-order valence-electron chi connectivity index (χ0n) is 13.6. The highest BCUT2D eigenvalue weighted by Crippen LogP contribution is 2.38. The van der Waals surface area contributed by atoms with Gasteiger partial charge in [-0.3, -0.25) is 0 Å². The molecule has 1 saturated heterocycles. The van der Waals surface area contributed by atoms with Crippen LogP contribution in [-0.2, 0) is 13.0 Å². The van der Waals surface area contributed by atoms with Gasteiger partial charge in [-0.05, 0) is 24.8 Å². The summed E-state index contributed by atoms with van der Waals surface area (Å²) in [6.45, 7) is 3.31. The van der Waals surface area contributed by atoms with E-state index in [1.807, 2.05) is 28.8 Å². The van der Waals surface area contributed by atoms with E-state index in [0.717, 1.165) is 49.5 Å². The molecule has 0 aliphatic carbocycles. The van der Waals surface area contributed by atoms with Crippen molar-refractivity contribution in [1.82, 2.24) is 19.8 Å². The van der Waals surface area contributed by atoms with Crippen LogP contribution in [0.1, 0.15) is 23.3 Å². The molecule has 0 spiro atoms. The van der Waals surface area contributed by atoms with E-state index >= 15 is 0 Å². The molecule has 0 bridgehead atoms. The minimum atomic E-state index is 0.199. The van der Waals surface area contributed by atoms with Crippen LogP contribution in [0.5, 0.6) is 0 Å². The van der Waals surface area contributed by atoms with Crippen molar-refractivity contribution >= 4 is 33.4 Å². The first-order chi connectivity index (χ1) is 11.1. The number of amides is 2. The van der Waals surface area contributed by atoms with E-state index in [1.165, 1.54) is 15.8 Å². The Morgan fingerprint density at radius 2 is 1.96 bits per heavy atom. The van der Waals surface area contributed by atoms with E-state index < -0.39 is 0 Å². The molecule has 23 heavy (non-hydrogen) atoms. The fraction of sp³-hybridized carbons (Fsp3) is 0.562. The van der Waals surface area contributed by atoms with Gasteiger partial charge in [-0.1, -0.05) is 0 Å². The quantitative estimate of drug-likeness (QED) is 0.805. The number of rotatable bonds is 1. The van der Waals surface area contributed by atoms with Crippen LogP contribution in [0.3, 0.4) is 0 Å². The molecule has 0 unspecified atom stereocenters. The average Bonchev–Trinajstić information content (AvgIpc) is 3.20. The number of thiophene rings is 1. The second kappa shape index (κ2) is 5.63. The third-order valence-corrected chi connectivity index (χ3v) is 5.81. The van der Waals surface area contributed by atoms with Gasteiger partial charge in [-0.2, -0.15) is 0 Å². The van der Waals surface area contributed by atoms with Gasteiger partial charge in [-0.25, -0.2) is 14.8 Å². The number of aromatic nitrogens is 2. The van der Waals surface area contributed by atoms with E-state index in [-0.39, 0.29) is 6.03 Å². The lowest BCUT2D eigenvalue weighted by molar-refractivity contribution is 0.158. The molecule has 0 atom stereocenters. The molecule has 7 heteroatoms. The van der Waals surface area contributed by atoms with Crippen LogP contribution in [-0.4, -0.2) is 59.5 Å². The number of carbonyl (C=O) groups is 1. The molecule has 2 aromatic rings. The Labute approximate surface area is 139 Å². The maximum Gasteiger partial charge on any atom is 0.320 e. The van der Waals surface area contributed by atoms with E-state index in [0.29, 0.717) is 6.54 Å². The normalized spacial score (nSPS) is 17.7. The summed E-state index contributed by atoms with van der Waals surface area (Å²) in [5, 5.41) is 1.17. The van der Waals surface area contributed by atoms with Crippen molar-refractivity contribution in [2.45, 2.75) is 25.8 Å². The lowest BCUT2D eigenvalue weighted by Crippen LogP contribution is -2.43. The highest BCUT2D eigenvalue weighted by atomic mass is 32.1. The van der Waals surface area contributed by atoms with Crippen molar-refractivity contribution in [2.24, 2.45) is 0 Å². The smallest absolute Gasteiger partial charge is 0.320 e. The molecular formula is C16H21N5OS. The van der Waals surface area contributed by atoms with Crippen LogP contribution in [0.2, 0.25) is 0 Å². The van der Waals surface area contributed by atoms with Crippen LogP contribution in [0.15, 0.2) is 6.33 Å². The molecule has 4 heterocycles. The molecule has 2 aromatic heterocycles. The topological polar surface area (TPSA) is 52.6 Å². The van der Waals surface area contributed by atoms with E-state index in [9.17, 15) is 4.79 Å². The monoisotopic (exact) mass is 331 g/mol. The van der Waals surface area contributed by atoms with Gasteiger partial charge in [0.25, 0.3) is 0 Å². The summed E-state index contributed by atoms with van der Waals surface area (Å²) >= 11 is 1.70. The zero-order chi connectivity index (χ0) is 16.0. The maximum atomic E-state index is 12.6. The minimum Gasteiger partial charge on any atom is -0.362 e. The van der Waals surface area contributed by atoms with E-state index in [4.69, 9.17) is 0 Å². The predicted molar refractivity (Wildman–Crippen MR) is 92.1 cm³/mol. The van der Waals surface area contributed by atoms with E-state index in [2.05, 4.69) is 9.97 Å². The Bertz CT molecular complexity index is 750. The van der Waals surface area contributed by atoms with Gasteiger partial charge in [0.15, 0.2) is 0 Å². The number of fused-ring (bicyclic) bond motifs is 3. The summed E-state index contributed by atoms with van der Waals surface area (Å²) in [7, 11) is 4.02. The van der Waals surface area contributed by atoms with Crippen molar-refractivity contribution in [2.75, 3.05) is 38.6 Å². The van der Waals surface area contributed by atoms with Gasteiger partial charge < -0.3 is 14.7 Å². The fourth-order valence-corrected chi connectivity index (χ4v) is 4.72. The summed E-state index contributed by atoms with van der Waals surface area (Å²) in [6, 6.07) is 0.199. The molecule has 6 nitrogen and oxygen atoms in total. The molecule has 122 valence electrons. The summed E-state index contributed by atoms with van der Waals surface area (Å²) < 4.78 is 0. The number of urea groups is 1. The van der Waals surface area contributed by atoms with Crippen molar-refractivity contribution in [3.8, 4) is 0 Å². The third kappa shape index (κ3) is 2.43. The zero-order valence-corrected chi connectivity index (χ0v) is 14.4. The molecule has 2 aliphatic heterocycles. The minimum absolute atomic E-state index is 0.199. The molecule has 0 N–H and O–H groups in total. The molecule has 0 radical (unpaired) electrons. The Hall–Kier alpha value is -1.89. The van der Waals surface area contributed by atoms with Crippen LogP contribution >= 0.6 is 11.3 Å². The molecule has 0 aromatic carbocycles. The number of nitrogens with zero attached hydrogens (tertiary/aromatic N) is 5. The van der Waals surface area contributed by atoms with Crippen LogP contribution in [0.4, 0.5) is 10.6 Å². The van der Waals surface area contributed by atoms with Gasteiger partial charge in [0.1, 0.15) is 17.0 Å². The Morgan fingerprint density at radius 1 is 1.17 bits per heavy atom. The lowest BCUT2D eigenvalue weighted by atomic mass is 10.1. The first kappa shape index (κ1) is 14.7.